The van der Waals surface area contributed by atoms with E-state index in [-0.39, 0.29) is 34.4 Å². The third-order valence-corrected chi connectivity index (χ3v) is 5.05. The van der Waals surface area contributed by atoms with Gasteiger partial charge in [0.2, 0.25) is 0 Å². The highest BCUT2D eigenvalue weighted by atomic mass is 35.5. The molecule has 2 aromatic rings. The Labute approximate surface area is 175 Å². The molecule has 0 spiro atoms. The molecule has 1 aliphatic carbocycles. The van der Waals surface area contributed by atoms with E-state index in [1.807, 2.05) is 0 Å². The summed E-state index contributed by atoms with van der Waals surface area (Å²) in [5.74, 6) is 0.398. The van der Waals surface area contributed by atoms with E-state index in [2.05, 4.69) is 4.74 Å². The quantitative estimate of drug-likeness (QED) is 0.305. The van der Waals surface area contributed by atoms with Gasteiger partial charge in [0.25, 0.3) is 6.47 Å². The van der Waals surface area contributed by atoms with Crippen molar-refractivity contribution in [2.24, 2.45) is 5.92 Å². The zero-order chi connectivity index (χ0) is 21.0. The molecule has 0 saturated heterocycles. The molecule has 10 heteroatoms. The molecule has 3 rings (SSSR count). The van der Waals surface area contributed by atoms with E-state index in [0.717, 1.165) is 25.2 Å². The van der Waals surface area contributed by atoms with E-state index < -0.39 is 12.7 Å². The Morgan fingerprint density at radius 2 is 1.90 bits per heavy atom. The second kappa shape index (κ2) is 9.45. The van der Waals surface area contributed by atoms with E-state index >= 15 is 0 Å². The van der Waals surface area contributed by atoms with Gasteiger partial charge in [-0.3, -0.25) is 4.79 Å². The van der Waals surface area contributed by atoms with E-state index in [4.69, 9.17) is 32.7 Å². The third-order valence-electron chi connectivity index (χ3n) is 4.39. The molecule has 0 unspecified atom stereocenters. The van der Waals surface area contributed by atoms with Crippen LogP contribution in [0.3, 0.4) is 0 Å². The highest BCUT2D eigenvalue weighted by molar-refractivity contribution is 6.35. The van der Waals surface area contributed by atoms with Crippen molar-refractivity contribution < 1.29 is 32.5 Å². The van der Waals surface area contributed by atoms with Gasteiger partial charge in [-0.05, 0) is 36.5 Å². The van der Waals surface area contributed by atoms with Crippen LogP contribution in [0.1, 0.15) is 30.1 Å². The Balaban J connectivity index is 1.89. The number of carbonyl (C=O) groups excluding carboxylic acids is 1. The lowest BCUT2D eigenvalue weighted by Crippen LogP contribution is -2.25. The molecule has 0 bridgehead atoms. The van der Waals surface area contributed by atoms with Crippen molar-refractivity contribution in [3.63, 3.8) is 0 Å². The van der Waals surface area contributed by atoms with Crippen LogP contribution >= 0.6 is 23.2 Å². The predicted molar refractivity (Wildman–Crippen MR) is 100 cm³/mol. The van der Waals surface area contributed by atoms with Crippen molar-refractivity contribution in [2.45, 2.75) is 32.0 Å². The van der Waals surface area contributed by atoms with Crippen LogP contribution in [0.25, 0.3) is 0 Å². The standard InChI is InChI=1S/C19H17Cl2F2NO5/c20-14-7-24(26)8-15(21)13(14)6-17(28-10-25)12-3-4-16(29-19(22)23)18(5-12)27-9-11-1-2-11/h3-5,7-8,10-11,17,19H,1-2,6,9H2/t17-/m0/s1. The van der Waals surface area contributed by atoms with Crippen molar-refractivity contribution in [1.29, 1.82) is 0 Å². The molecular formula is C19H17Cl2F2NO5. The van der Waals surface area contributed by atoms with E-state index in [1.54, 1.807) is 0 Å². The Hall–Kier alpha value is -2.32. The average molecular weight is 448 g/mol. The molecule has 0 aliphatic heterocycles. The number of rotatable bonds is 10. The minimum Gasteiger partial charge on any atom is -0.619 e. The number of ether oxygens (including phenoxy) is 3. The summed E-state index contributed by atoms with van der Waals surface area (Å²) in [6.07, 6.45) is 3.52. The third kappa shape index (κ3) is 5.83. The van der Waals surface area contributed by atoms with Crippen LogP contribution in [0.5, 0.6) is 11.5 Å². The van der Waals surface area contributed by atoms with Gasteiger partial charge in [0.1, 0.15) is 16.1 Å². The minimum atomic E-state index is -3.01. The van der Waals surface area contributed by atoms with E-state index in [1.165, 1.54) is 18.2 Å². The molecule has 1 aromatic carbocycles. The van der Waals surface area contributed by atoms with E-state index in [9.17, 15) is 18.8 Å². The largest absolute Gasteiger partial charge is 0.619 e. The van der Waals surface area contributed by atoms with Crippen molar-refractivity contribution in [1.82, 2.24) is 0 Å². The maximum atomic E-state index is 12.7. The number of carbonyl (C=O) groups is 1. The molecule has 0 N–H and O–H groups in total. The van der Waals surface area contributed by atoms with Gasteiger partial charge in [-0.2, -0.15) is 13.5 Å². The van der Waals surface area contributed by atoms with Gasteiger partial charge in [0, 0.05) is 12.0 Å². The van der Waals surface area contributed by atoms with Crippen molar-refractivity contribution >= 4 is 29.7 Å². The predicted octanol–water partition coefficient (Wildman–Crippen LogP) is 4.47. The zero-order valence-electron chi connectivity index (χ0n) is 15.0. The van der Waals surface area contributed by atoms with Crippen LogP contribution in [-0.4, -0.2) is 19.7 Å². The average Bonchev–Trinajstić information content (AvgIpc) is 3.47. The lowest BCUT2D eigenvalue weighted by Gasteiger charge is -2.19. The number of nitrogens with zero attached hydrogens (tertiary/aromatic N) is 1. The van der Waals surface area contributed by atoms with Gasteiger partial charge in [-0.25, -0.2) is 0 Å². The summed E-state index contributed by atoms with van der Waals surface area (Å²) in [6, 6.07) is 4.28. The lowest BCUT2D eigenvalue weighted by molar-refractivity contribution is -0.605. The monoisotopic (exact) mass is 447 g/mol. The maximum absolute atomic E-state index is 12.7. The topological polar surface area (TPSA) is 71.7 Å². The van der Waals surface area contributed by atoms with Gasteiger partial charge < -0.3 is 19.4 Å². The molecule has 0 amide bonds. The molecule has 29 heavy (non-hydrogen) atoms. The lowest BCUT2D eigenvalue weighted by atomic mass is 10.0. The van der Waals surface area contributed by atoms with Gasteiger partial charge in [-0.1, -0.05) is 29.3 Å². The molecule has 6 nitrogen and oxygen atoms in total. The second-order valence-electron chi connectivity index (χ2n) is 6.56. The summed E-state index contributed by atoms with van der Waals surface area (Å²) in [5.41, 5.74) is 0.871. The number of aromatic nitrogens is 1. The van der Waals surface area contributed by atoms with Crippen molar-refractivity contribution in [3.05, 3.63) is 57.0 Å². The zero-order valence-corrected chi connectivity index (χ0v) is 16.5. The van der Waals surface area contributed by atoms with Crippen molar-refractivity contribution in [3.8, 4) is 11.5 Å². The molecule has 1 atom stereocenters. The summed E-state index contributed by atoms with van der Waals surface area (Å²) in [5, 5.41) is 11.6. The molecule has 1 heterocycles. The fourth-order valence-electron chi connectivity index (χ4n) is 2.75. The summed E-state index contributed by atoms with van der Waals surface area (Å²) < 4.78 is 41.2. The first-order chi connectivity index (χ1) is 13.9. The first kappa shape index (κ1) is 21.4. The summed E-state index contributed by atoms with van der Waals surface area (Å²) in [7, 11) is 0. The molecule has 1 aliphatic rings. The highest BCUT2D eigenvalue weighted by Crippen LogP contribution is 2.37. The van der Waals surface area contributed by atoms with Gasteiger partial charge in [0.15, 0.2) is 23.9 Å². The number of hydrogen-bond acceptors (Lipinski definition) is 5. The number of pyridine rings is 1. The second-order valence-corrected chi connectivity index (χ2v) is 7.37. The molecule has 156 valence electrons. The first-order valence-corrected chi connectivity index (χ1v) is 9.50. The Kier molecular flexibility index (Phi) is 6.97. The number of halogens is 4. The fourth-order valence-corrected chi connectivity index (χ4v) is 3.34. The molecule has 1 aromatic heterocycles. The van der Waals surface area contributed by atoms with Crippen LogP contribution in [0.2, 0.25) is 10.0 Å². The SMILES string of the molecule is O=CO[C@@H](Cc1c(Cl)c[n+]([O-])cc1Cl)c1ccc(OC(F)F)c(OCC2CC2)c1. The minimum absolute atomic E-state index is 0.0639. The van der Waals surface area contributed by atoms with E-state index in [0.29, 0.717) is 28.4 Å². The van der Waals surface area contributed by atoms with Gasteiger partial charge in [-0.15, -0.1) is 0 Å². The summed E-state index contributed by atoms with van der Waals surface area (Å²) >= 11 is 12.2. The molecule has 1 saturated carbocycles. The first-order valence-electron chi connectivity index (χ1n) is 8.74. The van der Waals surface area contributed by atoms with Crippen LogP contribution < -0.4 is 14.2 Å². The Morgan fingerprint density at radius 3 is 2.48 bits per heavy atom. The smallest absolute Gasteiger partial charge is 0.387 e. The van der Waals surface area contributed by atoms with Crippen LogP contribution in [0.15, 0.2) is 30.6 Å². The summed E-state index contributed by atoms with van der Waals surface area (Å²) in [4.78, 5) is 11.0. The number of hydrogen-bond donors (Lipinski definition) is 0. The van der Waals surface area contributed by atoms with Crippen molar-refractivity contribution in [2.75, 3.05) is 6.61 Å². The van der Waals surface area contributed by atoms with Crippen LogP contribution in [-0.2, 0) is 16.0 Å². The maximum Gasteiger partial charge on any atom is 0.387 e. The number of alkyl halides is 2. The molecule has 1 fully saturated rings. The highest BCUT2D eigenvalue weighted by Gasteiger charge is 2.25. The van der Waals surface area contributed by atoms with Crippen LogP contribution in [0.4, 0.5) is 8.78 Å². The summed E-state index contributed by atoms with van der Waals surface area (Å²) in [6.45, 7) is -2.37. The van der Waals surface area contributed by atoms with Gasteiger partial charge >= 0.3 is 6.61 Å². The Morgan fingerprint density at radius 1 is 1.21 bits per heavy atom. The number of benzene rings is 1. The van der Waals surface area contributed by atoms with Crippen LogP contribution in [0, 0.1) is 11.1 Å². The Bertz CT molecular complexity index is 857. The molecular weight excluding hydrogens is 431 g/mol. The van der Waals surface area contributed by atoms with Gasteiger partial charge in [0.05, 0.1) is 6.61 Å². The normalized spacial score (nSPS) is 14.5. The molecule has 0 radical (unpaired) electrons. The fraction of sp³-hybridized carbons (Fsp3) is 0.368.